The zero-order valence-corrected chi connectivity index (χ0v) is 8.43. The van der Waals surface area contributed by atoms with E-state index in [-0.39, 0.29) is 27.8 Å². The molecule has 0 aliphatic heterocycles. The Morgan fingerprint density at radius 1 is 0.562 bits per heavy atom. The van der Waals surface area contributed by atoms with Crippen LogP contribution >= 0.6 is 0 Å². The molecule has 0 unspecified atom stereocenters. The number of hydrogen-bond acceptors (Lipinski definition) is 0. The van der Waals surface area contributed by atoms with Crippen molar-refractivity contribution in [2.24, 2.45) is 0 Å². The lowest BCUT2D eigenvalue weighted by molar-refractivity contribution is 0.414. The van der Waals surface area contributed by atoms with Gasteiger partial charge in [-0.1, -0.05) is 0 Å². The Kier molecular flexibility index (Phi) is 4.71. The highest BCUT2D eigenvalue weighted by molar-refractivity contribution is 5.44. The molecule has 0 atom stereocenters. The van der Waals surface area contributed by atoms with Crippen LogP contribution in [0.25, 0.3) is 0 Å². The van der Waals surface area contributed by atoms with Gasteiger partial charge in [-0.05, 0) is 33.9 Å². The molecule has 0 fully saturated rings. The Labute approximate surface area is 90.1 Å². The van der Waals surface area contributed by atoms with Crippen LogP contribution in [0.5, 0.6) is 0 Å². The van der Waals surface area contributed by atoms with Gasteiger partial charge in [-0.15, -0.1) is 0 Å². The van der Waals surface area contributed by atoms with Crippen molar-refractivity contribution in [1.82, 2.24) is 0 Å². The predicted octanol–water partition coefficient (Wildman–Crippen LogP) is 3.83. The summed E-state index contributed by atoms with van der Waals surface area (Å²) < 4.78 is 62.9. The quantitative estimate of drug-likeness (QED) is 0.682. The molecule has 16 heavy (non-hydrogen) atoms. The van der Waals surface area contributed by atoms with Crippen LogP contribution in [0, 0.1) is 6.07 Å². The van der Waals surface area contributed by atoms with Crippen LogP contribution in [0.2, 0.25) is 0 Å². The molecule has 0 aliphatic rings. The number of alkyl halides is 5. The summed E-state index contributed by atoms with van der Waals surface area (Å²) in [5.74, 6) is 0. The van der Waals surface area contributed by atoms with E-state index in [2.05, 4.69) is 6.07 Å². The van der Waals surface area contributed by atoms with Crippen LogP contribution in [0.3, 0.4) is 0 Å². The second-order valence-corrected chi connectivity index (χ2v) is 3.19. The van der Waals surface area contributed by atoms with Gasteiger partial charge in [-0.2, -0.15) is 0 Å². The zero-order chi connectivity index (χ0) is 12.1. The van der Waals surface area contributed by atoms with Crippen molar-refractivity contribution in [1.29, 1.82) is 0 Å². The minimum absolute atomic E-state index is 0.236. The molecule has 89 valence electrons. The Morgan fingerprint density at radius 2 is 0.938 bits per heavy atom. The molecule has 0 heterocycles. The molecule has 0 N–H and O–H groups in total. The summed E-state index contributed by atoms with van der Waals surface area (Å²) in [6.45, 7) is -5.53. The number of benzene rings is 1. The standard InChI is InChI=1S/C11H10F5/c12-2-7-1-8(3-13)10(5-15)11(6-16)9(7)4-14/h2-6H2. The molecule has 0 bridgehead atoms. The normalized spacial score (nSPS) is 10.8. The van der Waals surface area contributed by atoms with E-state index >= 15 is 0 Å². The molecule has 0 aromatic heterocycles. The SMILES string of the molecule is FCc1[c]c(CF)c(CF)c(CF)c1CF. The maximum absolute atomic E-state index is 12.7. The summed E-state index contributed by atoms with van der Waals surface area (Å²) in [5, 5.41) is 0. The molecule has 1 aromatic rings. The zero-order valence-electron chi connectivity index (χ0n) is 8.43. The van der Waals surface area contributed by atoms with E-state index in [1.165, 1.54) is 0 Å². The molecule has 0 saturated carbocycles. The van der Waals surface area contributed by atoms with E-state index in [1.54, 1.807) is 0 Å². The van der Waals surface area contributed by atoms with Gasteiger partial charge in [0.2, 0.25) is 0 Å². The van der Waals surface area contributed by atoms with Gasteiger partial charge in [-0.3, -0.25) is 0 Å². The van der Waals surface area contributed by atoms with Gasteiger partial charge < -0.3 is 0 Å². The molecule has 0 nitrogen and oxygen atoms in total. The minimum atomic E-state index is -1.15. The summed E-state index contributed by atoms with van der Waals surface area (Å²) >= 11 is 0. The Bertz CT molecular complexity index is 332. The first-order valence-corrected chi connectivity index (χ1v) is 4.60. The summed E-state index contributed by atoms with van der Waals surface area (Å²) in [6.07, 6.45) is 0. The summed E-state index contributed by atoms with van der Waals surface area (Å²) in [5.41, 5.74) is -1.27. The van der Waals surface area contributed by atoms with Gasteiger partial charge in [0.15, 0.2) is 0 Å². The largest absolute Gasteiger partial charge is 0.246 e. The first kappa shape index (κ1) is 12.9. The molecule has 0 amide bonds. The highest BCUT2D eigenvalue weighted by Crippen LogP contribution is 2.27. The van der Waals surface area contributed by atoms with Gasteiger partial charge in [0.1, 0.15) is 33.4 Å². The van der Waals surface area contributed by atoms with Crippen LogP contribution in [0.1, 0.15) is 27.8 Å². The van der Waals surface area contributed by atoms with E-state index < -0.39 is 33.4 Å². The molecule has 1 rings (SSSR count). The van der Waals surface area contributed by atoms with Gasteiger partial charge in [0, 0.05) is 0 Å². The molecule has 1 radical (unpaired) electrons. The van der Waals surface area contributed by atoms with Crippen molar-refractivity contribution in [2.45, 2.75) is 33.4 Å². The molecule has 0 spiro atoms. The van der Waals surface area contributed by atoms with Gasteiger partial charge in [0.05, 0.1) is 0 Å². The molecular formula is C11H10F5. The number of halogens is 5. The molecule has 1 aromatic carbocycles. The van der Waals surface area contributed by atoms with Gasteiger partial charge in [-0.25, -0.2) is 22.0 Å². The van der Waals surface area contributed by atoms with Gasteiger partial charge >= 0.3 is 0 Å². The van der Waals surface area contributed by atoms with E-state index in [0.29, 0.717) is 0 Å². The Balaban J connectivity index is 3.47. The monoisotopic (exact) mass is 237 g/mol. The fourth-order valence-corrected chi connectivity index (χ4v) is 1.59. The predicted molar refractivity (Wildman–Crippen MR) is 49.3 cm³/mol. The molecule has 0 aliphatic carbocycles. The summed E-state index contributed by atoms with van der Waals surface area (Å²) in [7, 11) is 0. The van der Waals surface area contributed by atoms with Crippen LogP contribution in [0.4, 0.5) is 22.0 Å². The fourth-order valence-electron chi connectivity index (χ4n) is 1.59. The van der Waals surface area contributed by atoms with Crippen molar-refractivity contribution in [3.05, 3.63) is 33.9 Å². The third-order valence-corrected chi connectivity index (χ3v) is 2.43. The fraction of sp³-hybridized carbons (Fsp3) is 0.455. The van der Waals surface area contributed by atoms with Crippen molar-refractivity contribution >= 4 is 0 Å². The summed E-state index contributed by atoms with van der Waals surface area (Å²) in [4.78, 5) is 0. The molecule has 0 saturated heterocycles. The van der Waals surface area contributed by atoms with Crippen molar-refractivity contribution < 1.29 is 22.0 Å². The van der Waals surface area contributed by atoms with Crippen LogP contribution < -0.4 is 0 Å². The van der Waals surface area contributed by atoms with Crippen molar-refractivity contribution in [3.63, 3.8) is 0 Å². The second-order valence-electron chi connectivity index (χ2n) is 3.19. The van der Waals surface area contributed by atoms with E-state index in [1.807, 2.05) is 0 Å². The second kappa shape index (κ2) is 5.82. The first-order valence-electron chi connectivity index (χ1n) is 4.60. The van der Waals surface area contributed by atoms with Crippen LogP contribution in [0.15, 0.2) is 0 Å². The highest BCUT2D eigenvalue weighted by atomic mass is 19.1. The maximum atomic E-state index is 12.7. The minimum Gasteiger partial charge on any atom is -0.246 e. The first-order chi connectivity index (χ1) is 7.73. The van der Waals surface area contributed by atoms with E-state index in [9.17, 15) is 22.0 Å². The van der Waals surface area contributed by atoms with Crippen LogP contribution in [-0.4, -0.2) is 0 Å². The maximum Gasteiger partial charge on any atom is 0.115 e. The highest BCUT2D eigenvalue weighted by Gasteiger charge is 2.18. The smallest absolute Gasteiger partial charge is 0.115 e. The summed E-state index contributed by atoms with van der Waals surface area (Å²) in [6, 6.07) is 2.26. The average molecular weight is 237 g/mol. The van der Waals surface area contributed by atoms with Crippen molar-refractivity contribution in [3.8, 4) is 0 Å². The van der Waals surface area contributed by atoms with Crippen LogP contribution in [-0.2, 0) is 33.4 Å². The average Bonchev–Trinajstić information content (AvgIpc) is 2.35. The number of hydrogen-bond donors (Lipinski definition) is 0. The number of rotatable bonds is 5. The lowest BCUT2D eigenvalue weighted by atomic mass is 9.94. The Morgan fingerprint density at radius 3 is 1.19 bits per heavy atom. The lowest BCUT2D eigenvalue weighted by Gasteiger charge is -2.14. The lowest BCUT2D eigenvalue weighted by Crippen LogP contribution is -2.05. The van der Waals surface area contributed by atoms with Gasteiger partial charge in [0.25, 0.3) is 0 Å². The Hall–Kier alpha value is -1.13. The third kappa shape index (κ3) is 2.18. The molecule has 5 heteroatoms. The van der Waals surface area contributed by atoms with Crippen molar-refractivity contribution in [2.75, 3.05) is 0 Å². The molecular weight excluding hydrogens is 227 g/mol. The van der Waals surface area contributed by atoms with E-state index in [4.69, 9.17) is 0 Å². The topological polar surface area (TPSA) is 0 Å². The van der Waals surface area contributed by atoms with E-state index in [0.717, 1.165) is 0 Å². The third-order valence-electron chi connectivity index (χ3n) is 2.43.